The minimum Gasteiger partial charge on any atom is -0.352 e. The molecule has 102 valence electrons. The van der Waals surface area contributed by atoms with Gasteiger partial charge in [-0.15, -0.1) is 31.4 Å². The van der Waals surface area contributed by atoms with E-state index in [0.717, 1.165) is 32.5 Å². The van der Waals surface area contributed by atoms with Crippen molar-refractivity contribution in [2.45, 2.75) is 18.9 Å². The van der Waals surface area contributed by atoms with Crippen molar-refractivity contribution in [2.24, 2.45) is 0 Å². The molecule has 0 aromatic heterocycles. The Hall–Kier alpha value is -0.290. The van der Waals surface area contributed by atoms with Crippen LogP contribution >= 0.6 is 24.8 Å². The lowest BCUT2D eigenvalue weighted by Crippen LogP contribution is -2.46. The monoisotopic (exact) mass is 283 g/mol. The molecular weight excluding hydrogens is 261 g/mol. The van der Waals surface area contributed by atoms with Crippen LogP contribution in [-0.2, 0) is 4.79 Å². The highest BCUT2D eigenvalue weighted by molar-refractivity contribution is 5.85. The SMILES string of the molecule is C=CCN1CCC(NC(=O)CNC)CC1.Cl.Cl. The van der Waals surface area contributed by atoms with Crippen molar-refractivity contribution in [1.29, 1.82) is 0 Å². The zero-order valence-electron chi connectivity index (χ0n) is 10.3. The van der Waals surface area contributed by atoms with E-state index in [4.69, 9.17) is 0 Å². The van der Waals surface area contributed by atoms with Gasteiger partial charge in [0.15, 0.2) is 0 Å². The van der Waals surface area contributed by atoms with Crippen LogP contribution in [0.1, 0.15) is 12.8 Å². The lowest BCUT2D eigenvalue weighted by molar-refractivity contribution is -0.121. The summed E-state index contributed by atoms with van der Waals surface area (Å²) in [6.45, 7) is 7.20. The fraction of sp³-hybridized carbons (Fsp3) is 0.727. The first-order valence-electron chi connectivity index (χ1n) is 5.53. The fourth-order valence-electron chi connectivity index (χ4n) is 1.88. The maximum Gasteiger partial charge on any atom is 0.234 e. The van der Waals surface area contributed by atoms with Gasteiger partial charge in [-0.1, -0.05) is 6.08 Å². The summed E-state index contributed by atoms with van der Waals surface area (Å²) in [4.78, 5) is 13.7. The van der Waals surface area contributed by atoms with Gasteiger partial charge in [-0.3, -0.25) is 9.69 Å². The highest BCUT2D eigenvalue weighted by Crippen LogP contribution is 2.09. The second kappa shape index (κ2) is 10.8. The minimum absolute atomic E-state index is 0. The normalized spacial score (nSPS) is 16.5. The molecule has 0 atom stereocenters. The van der Waals surface area contributed by atoms with Crippen LogP contribution in [0, 0.1) is 0 Å². The van der Waals surface area contributed by atoms with Crippen molar-refractivity contribution in [3.8, 4) is 0 Å². The van der Waals surface area contributed by atoms with E-state index >= 15 is 0 Å². The van der Waals surface area contributed by atoms with Crippen molar-refractivity contribution in [2.75, 3.05) is 33.2 Å². The number of nitrogens with zero attached hydrogens (tertiary/aromatic N) is 1. The molecule has 1 rings (SSSR count). The van der Waals surface area contributed by atoms with E-state index in [1.54, 1.807) is 7.05 Å². The standard InChI is InChI=1S/C11H21N3O.2ClH/c1-3-6-14-7-4-10(5-8-14)13-11(15)9-12-2;;/h3,10,12H,1,4-9H2,2H3,(H,13,15);2*1H. The highest BCUT2D eigenvalue weighted by Gasteiger charge is 2.19. The summed E-state index contributed by atoms with van der Waals surface area (Å²) < 4.78 is 0. The van der Waals surface area contributed by atoms with Gasteiger partial charge in [0.05, 0.1) is 6.54 Å². The molecular formula is C11H23Cl2N3O. The predicted molar refractivity (Wildman–Crippen MR) is 76.2 cm³/mol. The second-order valence-electron chi connectivity index (χ2n) is 3.96. The summed E-state index contributed by atoms with van der Waals surface area (Å²) in [5.41, 5.74) is 0. The third kappa shape index (κ3) is 7.60. The molecule has 1 amide bonds. The van der Waals surface area contributed by atoms with Gasteiger partial charge < -0.3 is 10.6 Å². The van der Waals surface area contributed by atoms with E-state index in [2.05, 4.69) is 22.1 Å². The maximum absolute atomic E-state index is 11.3. The zero-order valence-corrected chi connectivity index (χ0v) is 11.9. The molecule has 0 aromatic rings. The van der Waals surface area contributed by atoms with Gasteiger partial charge in [0.1, 0.15) is 0 Å². The molecule has 0 radical (unpaired) electrons. The Labute approximate surface area is 116 Å². The first-order valence-corrected chi connectivity index (χ1v) is 5.53. The number of amides is 1. The van der Waals surface area contributed by atoms with E-state index in [1.807, 2.05) is 6.08 Å². The molecule has 1 aliphatic rings. The zero-order chi connectivity index (χ0) is 11.1. The smallest absolute Gasteiger partial charge is 0.234 e. The van der Waals surface area contributed by atoms with Crippen LogP contribution in [-0.4, -0.2) is 50.1 Å². The van der Waals surface area contributed by atoms with Crippen LogP contribution in [0.15, 0.2) is 12.7 Å². The third-order valence-corrected chi connectivity index (χ3v) is 2.68. The molecule has 6 heteroatoms. The summed E-state index contributed by atoms with van der Waals surface area (Å²) >= 11 is 0. The van der Waals surface area contributed by atoms with Gasteiger partial charge in [0.25, 0.3) is 0 Å². The molecule has 0 bridgehead atoms. The van der Waals surface area contributed by atoms with E-state index in [0.29, 0.717) is 12.6 Å². The number of rotatable bonds is 5. The number of hydrogen-bond acceptors (Lipinski definition) is 3. The molecule has 1 heterocycles. The minimum atomic E-state index is 0. The molecule has 0 aromatic carbocycles. The number of halogens is 2. The lowest BCUT2D eigenvalue weighted by atomic mass is 10.1. The Morgan fingerprint density at radius 3 is 2.47 bits per heavy atom. The van der Waals surface area contributed by atoms with Gasteiger partial charge in [-0.05, 0) is 19.9 Å². The molecule has 1 aliphatic heterocycles. The Morgan fingerprint density at radius 2 is 2.00 bits per heavy atom. The van der Waals surface area contributed by atoms with Gasteiger partial charge >= 0.3 is 0 Å². The first kappa shape index (κ1) is 19.1. The average Bonchev–Trinajstić information content (AvgIpc) is 2.22. The number of carbonyl (C=O) groups excluding carboxylic acids is 1. The molecule has 0 unspecified atom stereocenters. The summed E-state index contributed by atoms with van der Waals surface area (Å²) in [6, 6.07) is 0.354. The quantitative estimate of drug-likeness (QED) is 0.735. The van der Waals surface area contributed by atoms with Crippen LogP contribution in [0.5, 0.6) is 0 Å². The van der Waals surface area contributed by atoms with Crippen molar-refractivity contribution in [3.63, 3.8) is 0 Å². The number of likely N-dealkylation sites (tertiary alicyclic amines) is 1. The van der Waals surface area contributed by atoms with Crippen LogP contribution in [0.4, 0.5) is 0 Å². The van der Waals surface area contributed by atoms with E-state index < -0.39 is 0 Å². The molecule has 0 saturated carbocycles. The van der Waals surface area contributed by atoms with Crippen molar-refractivity contribution >= 4 is 30.7 Å². The topological polar surface area (TPSA) is 44.4 Å². The highest BCUT2D eigenvalue weighted by atomic mass is 35.5. The number of carbonyl (C=O) groups is 1. The van der Waals surface area contributed by atoms with Crippen LogP contribution in [0.2, 0.25) is 0 Å². The van der Waals surface area contributed by atoms with Crippen molar-refractivity contribution in [3.05, 3.63) is 12.7 Å². The molecule has 0 spiro atoms. The average molecular weight is 284 g/mol. The molecule has 0 aliphatic carbocycles. The summed E-state index contributed by atoms with van der Waals surface area (Å²) in [7, 11) is 1.78. The van der Waals surface area contributed by atoms with Gasteiger partial charge in [-0.2, -0.15) is 0 Å². The number of nitrogens with one attached hydrogen (secondary N) is 2. The Balaban J connectivity index is 0. The maximum atomic E-state index is 11.3. The first-order chi connectivity index (χ1) is 7.26. The molecule has 1 saturated heterocycles. The van der Waals surface area contributed by atoms with Gasteiger partial charge in [0.2, 0.25) is 5.91 Å². The van der Waals surface area contributed by atoms with E-state index in [9.17, 15) is 4.79 Å². The molecule has 2 N–H and O–H groups in total. The summed E-state index contributed by atoms with van der Waals surface area (Å²) in [5, 5.41) is 5.88. The second-order valence-corrected chi connectivity index (χ2v) is 3.96. The third-order valence-electron chi connectivity index (χ3n) is 2.68. The number of likely N-dealkylation sites (N-methyl/N-ethyl adjacent to an activating group) is 1. The largest absolute Gasteiger partial charge is 0.352 e. The number of piperidine rings is 1. The van der Waals surface area contributed by atoms with E-state index in [-0.39, 0.29) is 30.7 Å². The molecule has 17 heavy (non-hydrogen) atoms. The van der Waals surface area contributed by atoms with Crippen LogP contribution in [0.25, 0.3) is 0 Å². The van der Waals surface area contributed by atoms with Gasteiger partial charge in [-0.25, -0.2) is 0 Å². The van der Waals surface area contributed by atoms with Crippen molar-refractivity contribution < 1.29 is 4.79 Å². The summed E-state index contributed by atoms with van der Waals surface area (Å²) in [6.07, 6.45) is 4.02. The fourth-order valence-corrected chi connectivity index (χ4v) is 1.88. The van der Waals surface area contributed by atoms with E-state index in [1.165, 1.54) is 0 Å². The predicted octanol–water partition coefficient (Wildman–Crippen LogP) is 0.816. The lowest BCUT2D eigenvalue weighted by Gasteiger charge is -2.31. The molecule has 4 nitrogen and oxygen atoms in total. The Kier molecular flexibility index (Phi) is 12.2. The number of hydrogen-bond donors (Lipinski definition) is 2. The summed E-state index contributed by atoms with van der Waals surface area (Å²) in [5.74, 6) is 0.0969. The Morgan fingerprint density at radius 1 is 1.41 bits per heavy atom. The van der Waals surface area contributed by atoms with Crippen LogP contribution < -0.4 is 10.6 Å². The van der Waals surface area contributed by atoms with Crippen LogP contribution in [0.3, 0.4) is 0 Å². The molecule has 1 fully saturated rings. The van der Waals surface area contributed by atoms with Crippen molar-refractivity contribution in [1.82, 2.24) is 15.5 Å². The van der Waals surface area contributed by atoms with Gasteiger partial charge in [0, 0.05) is 25.7 Å². The Bertz CT molecular complexity index is 219.